The lowest BCUT2D eigenvalue weighted by atomic mass is 10.2. The van der Waals surface area contributed by atoms with Crippen LogP contribution in [0.1, 0.15) is 217 Å². The highest BCUT2D eigenvalue weighted by molar-refractivity contribution is 8.15. The number of hydrogen-bond donors (Lipinski definition) is 0. The average molecular weight is 1840 g/mol. The van der Waals surface area contributed by atoms with Gasteiger partial charge < -0.3 is 35.9 Å². The molecule has 16 nitrogen and oxygen atoms in total. The molecule has 0 rings (SSSR count). The van der Waals surface area contributed by atoms with Crippen molar-refractivity contribution in [1.82, 2.24) is 0 Å². The van der Waals surface area contributed by atoms with Gasteiger partial charge in [0.1, 0.15) is 0 Å². The number of rotatable bonds is 58. The Kier molecular flexibility index (Phi) is 90.9. The van der Waals surface area contributed by atoms with Crippen molar-refractivity contribution in [2.24, 2.45) is 0 Å². The van der Waals surface area contributed by atoms with Crippen LogP contribution in [0.2, 0.25) is 0 Å². The predicted octanol–water partition coefficient (Wildman–Crippen LogP) is 20.5. The van der Waals surface area contributed by atoms with Crippen molar-refractivity contribution in [3.63, 3.8) is 0 Å². The Morgan fingerprint density at radius 2 is 0.433 bits per heavy atom. The molecular formula is C96H188N8O8S8+8. The van der Waals surface area contributed by atoms with Gasteiger partial charge in [-0.25, -0.2) is 0 Å². The summed E-state index contributed by atoms with van der Waals surface area (Å²) in [6.07, 6.45) is 25.1. The second kappa shape index (κ2) is 82.1. The Morgan fingerprint density at radius 1 is 0.258 bits per heavy atom. The van der Waals surface area contributed by atoms with Crippen LogP contribution in [0.25, 0.3) is 0 Å². The Morgan fingerprint density at radius 3 is 0.600 bits per heavy atom. The molecule has 0 spiro atoms. The number of hydrogen-bond acceptors (Lipinski definition) is 16. The third-order valence-corrected chi connectivity index (χ3v) is 28.8. The van der Waals surface area contributed by atoms with Crippen LogP contribution < -0.4 is 0 Å². The second-order valence-corrected chi connectivity index (χ2v) is 41.7. The monoisotopic (exact) mass is 1840 g/mol. The molecule has 0 bridgehead atoms. The zero-order chi connectivity index (χ0) is 94.5. The van der Waals surface area contributed by atoms with E-state index in [1.165, 1.54) is 258 Å². The van der Waals surface area contributed by atoms with Crippen molar-refractivity contribution in [1.29, 1.82) is 0 Å². The lowest BCUT2D eigenvalue weighted by molar-refractivity contribution is -0.924. The number of unbranched alkanes of at least 4 members (excludes halogenated alkanes) is 2. The third-order valence-electron chi connectivity index (χ3n) is 21.6. The Labute approximate surface area is 776 Å². The molecule has 0 aromatic carbocycles. The maximum Gasteiger partial charge on any atom is 0.262 e. The summed E-state index contributed by atoms with van der Waals surface area (Å²) in [5.41, 5.74) is 2.62. The van der Waals surface area contributed by atoms with Crippen molar-refractivity contribution in [2.75, 3.05) is 258 Å². The molecule has 0 aromatic rings. The third kappa shape index (κ3) is 75.5. The summed E-state index contributed by atoms with van der Waals surface area (Å²) in [5, 5.41) is 0.432. The van der Waals surface area contributed by atoms with E-state index in [9.17, 15) is 38.4 Å². The van der Waals surface area contributed by atoms with Gasteiger partial charge in [0.05, 0.1) is 258 Å². The van der Waals surface area contributed by atoms with Crippen LogP contribution >= 0.6 is 94.1 Å². The molecule has 700 valence electrons. The predicted molar refractivity (Wildman–Crippen MR) is 550 cm³/mol. The minimum atomic E-state index is -0.168. The average Bonchev–Trinajstić information content (AvgIpc) is 0.707. The van der Waals surface area contributed by atoms with Crippen molar-refractivity contribution in [3.8, 4) is 24.7 Å². The fourth-order valence-electron chi connectivity index (χ4n) is 12.9. The Bertz CT molecular complexity index is 2870. The fourth-order valence-corrected chi connectivity index (χ4v) is 19.9. The fraction of sp³-hybridized carbons (Fsp3) is 0.750. The van der Waals surface area contributed by atoms with Gasteiger partial charge in [0.25, 0.3) is 10.2 Å². The summed E-state index contributed by atoms with van der Waals surface area (Å²) in [6.45, 7) is 98.9. The van der Waals surface area contributed by atoms with Gasteiger partial charge in [0.2, 0.25) is 30.7 Å². The van der Waals surface area contributed by atoms with Crippen LogP contribution in [0.5, 0.6) is 0 Å². The van der Waals surface area contributed by atoms with E-state index < -0.39 is 0 Å². The molecule has 2 unspecified atom stereocenters. The molecule has 0 heterocycles. The van der Waals surface area contributed by atoms with Gasteiger partial charge in [-0.05, 0) is 195 Å². The molecule has 0 saturated carbocycles. The van der Waals surface area contributed by atoms with E-state index in [1.54, 1.807) is 27.7 Å². The van der Waals surface area contributed by atoms with Gasteiger partial charge in [-0.3, -0.25) is 38.4 Å². The molecule has 0 aliphatic rings. The van der Waals surface area contributed by atoms with Crippen LogP contribution in [-0.4, -0.2) is 335 Å². The van der Waals surface area contributed by atoms with Crippen molar-refractivity contribution in [2.45, 2.75) is 217 Å². The van der Waals surface area contributed by atoms with E-state index in [-0.39, 0.29) is 40.9 Å². The van der Waals surface area contributed by atoms with Gasteiger partial charge in [-0.2, -0.15) is 0 Å². The molecule has 0 amide bonds. The molecular weight excluding hydrogens is 1650 g/mol. The van der Waals surface area contributed by atoms with Gasteiger partial charge in [-0.15, -0.1) is 12.8 Å². The summed E-state index contributed by atoms with van der Waals surface area (Å²) in [5.74, 6) is 11.3. The van der Waals surface area contributed by atoms with Gasteiger partial charge in [0, 0.05) is 0 Å². The Hall–Kier alpha value is -2.60. The first-order valence-corrected chi connectivity index (χ1v) is 53.0. The molecule has 0 radical (unpaired) electrons. The van der Waals surface area contributed by atoms with E-state index in [1.807, 2.05) is 0 Å². The van der Waals surface area contributed by atoms with Crippen LogP contribution in [0.15, 0.2) is 73.9 Å². The molecule has 0 N–H and O–H groups in total. The van der Waals surface area contributed by atoms with Crippen molar-refractivity contribution < 1.29 is 74.2 Å². The standard InChI is InChI=1S/C15H30NOS.2C14H28NOS.C13H26NOS.C12H24NOS.C11H20NOS.C9H18NOS.C8H14NOS/c1-6-9-11-16(8-3,10-7-2)12-13-18-15(17)14(4)5;1-6-9-15(8-3,10-7-2)11-12-17-14(16)13(4)5;1-5-9-11-15(8-4,10-6-2)12-13-17-14(16)7-3;1-5-9-14(8-4,10-6-2)11-12-16-13(15)7-3;1-6-13(7-2,8-3)9-10-15-12(14)11(4)5;1-5-11(13)14-10-9-12(6-2,7-3)8-4;1-8(2)9(11)12-7-6-10(3,4)5;1-5-8(10)11-7-6-9(2,3)4/h4,6-13H2,1-3,5H3;4,6-12H2,1-3,5H3;7H,3,5-6,8-13H2,1-2,4H3;7H,3,5-6,8-12H2,1-2,4H3;4,6-10H2,1-3,5H3;1H,6-10H2,2-4H3;1,6-7H2,2-5H3;1H,6-7H2,2-4H3/q8*+1. The minimum Gasteiger partial charge on any atom is -0.330 e. The normalized spacial score (nSPS) is 12.2. The van der Waals surface area contributed by atoms with Crippen molar-refractivity contribution in [3.05, 3.63) is 73.9 Å². The summed E-state index contributed by atoms with van der Waals surface area (Å²) in [4.78, 5) is 89.3. The topological polar surface area (TPSA) is 137 Å². The first kappa shape index (κ1) is 133. The summed E-state index contributed by atoms with van der Waals surface area (Å²) >= 11 is 10.9. The molecule has 0 aliphatic heterocycles. The highest BCUT2D eigenvalue weighted by atomic mass is 32.2. The summed E-state index contributed by atoms with van der Waals surface area (Å²) in [6, 6.07) is 0. The molecule has 0 saturated heterocycles. The number of terminal acetylenes is 2. The van der Waals surface area contributed by atoms with Crippen LogP contribution in [0.4, 0.5) is 0 Å². The molecule has 0 aliphatic carbocycles. The lowest BCUT2D eigenvalue weighted by Gasteiger charge is -2.37. The SMILES string of the molecule is C#CC(=O)SCC[N+](C)(C)C.C#CC(=O)SCC[N+](CC)(CC)CC.C=C(C)C(=O)SCC[N+](C)(C)C.C=C(C)C(=O)SCC[N+](CC)(CC)CC.C=C(C)C(=O)SCC[N+](CC)(CCC)CCC.C=C(C)C(=O)SCC[N+](CC)(CCC)CCCC.C=CC(=O)SCC[N+](CC)(CCC)CCC.C=CC(=O)SCC[N+](CC)(CCC)CCCC. The number of carbonyl (C=O) groups is 8. The highest BCUT2D eigenvalue weighted by Crippen LogP contribution is 2.21. The number of thioether (sulfide) groups is 8. The van der Waals surface area contributed by atoms with E-state index in [2.05, 4.69) is 218 Å². The lowest BCUT2D eigenvalue weighted by Crippen LogP contribution is -2.50. The second-order valence-electron chi connectivity index (χ2n) is 33.0. The molecule has 0 aromatic heterocycles. The zero-order valence-electron chi connectivity index (χ0n) is 82.8. The van der Waals surface area contributed by atoms with E-state index >= 15 is 0 Å². The smallest absolute Gasteiger partial charge is 0.262 e. The maximum atomic E-state index is 11.5. The van der Waals surface area contributed by atoms with Crippen LogP contribution in [-0.2, 0) is 38.4 Å². The van der Waals surface area contributed by atoms with Gasteiger partial charge in [-0.1, -0.05) is 202 Å². The first-order valence-electron chi connectivity index (χ1n) is 45.1. The zero-order valence-corrected chi connectivity index (χ0v) is 89.3. The van der Waals surface area contributed by atoms with E-state index in [0.29, 0.717) is 22.3 Å². The van der Waals surface area contributed by atoms with Crippen molar-refractivity contribution >= 4 is 135 Å². The minimum absolute atomic E-state index is 0.0993. The summed E-state index contributed by atoms with van der Waals surface area (Å²) in [7, 11) is 12.6. The highest BCUT2D eigenvalue weighted by Gasteiger charge is 2.29. The largest absolute Gasteiger partial charge is 0.330 e. The summed E-state index contributed by atoms with van der Waals surface area (Å²) < 4.78 is 8.60. The van der Waals surface area contributed by atoms with Crippen LogP contribution in [0, 0.1) is 24.7 Å². The van der Waals surface area contributed by atoms with Gasteiger partial charge in [0.15, 0.2) is 0 Å². The van der Waals surface area contributed by atoms with Crippen LogP contribution in [0.3, 0.4) is 0 Å². The van der Waals surface area contributed by atoms with Gasteiger partial charge >= 0.3 is 0 Å². The first-order chi connectivity index (χ1) is 56.2. The van der Waals surface area contributed by atoms with E-state index in [4.69, 9.17) is 12.8 Å². The molecule has 120 heavy (non-hydrogen) atoms. The number of carbonyl (C=O) groups excluding carboxylic acids is 8. The maximum absolute atomic E-state index is 11.5. The molecule has 0 fully saturated rings. The molecule has 24 heteroatoms. The number of quaternary nitrogens is 8. The number of nitrogens with zero attached hydrogens (tertiary/aromatic N) is 8. The quantitative estimate of drug-likeness (QED) is 0.0324. The van der Waals surface area contributed by atoms with E-state index in [0.717, 1.165) is 165 Å². The molecule has 2 atom stereocenters. The Balaban J connectivity index is -0.000000200.